The molecule has 0 spiro atoms. The molecule has 7 nitrogen and oxygen atoms in total. The summed E-state index contributed by atoms with van der Waals surface area (Å²) in [5.41, 5.74) is 12.2. The third-order valence-corrected chi connectivity index (χ3v) is 5.83. The van der Waals surface area contributed by atoms with Gasteiger partial charge in [-0.3, -0.25) is 10.00 Å². The van der Waals surface area contributed by atoms with Crippen molar-refractivity contribution in [3.05, 3.63) is 58.1 Å². The largest absolute Gasteiger partial charge is 0.334 e. The maximum atomic E-state index is 15.5. The predicted octanol–water partition coefficient (Wildman–Crippen LogP) is 2.24. The third kappa shape index (κ3) is 2.86. The Kier molecular flexibility index (Phi) is 4.40. The second-order valence-electron chi connectivity index (χ2n) is 6.55. The molecule has 0 saturated heterocycles. The van der Waals surface area contributed by atoms with Gasteiger partial charge in [-0.15, -0.1) is 0 Å². The zero-order valence-corrected chi connectivity index (χ0v) is 15.8. The molecule has 2 aromatic rings. The first kappa shape index (κ1) is 18.8. The molecule has 0 aliphatic carbocycles. The quantitative estimate of drug-likeness (QED) is 0.719. The minimum Gasteiger partial charge on any atom is -0.334 e. The van der Waals surface area contributed by atoms with Crippen molar-refractivity contribution in [3.63, 3.8) is 0 Å². The smallest absolute Gasteiger partial charge is 0.330 e. The lowest BCUT2D eigenvalue weighted by molar-refractivity contribution is 0.0725. The molecule has 1 aromatic heterocycles. The lowest BCUT2D eigenvalue weighted by atomic mass is 10.1. The first-order valence-electron chi connectivity index (χ1n) is 8.39. The van der Waals surface area contributed by atoms with Crippen molar-refractivity contribution in [2.45, 2.75) is 24.5 Å². The van der Waals surface area contributed by atoms with Gasteiger partial charge in [-0.25, -0.2) is 9.38 Å². The third-order valence-electron chi connectivity index (χ3n) is 4.60. The Balaban J connectivity index is 1.87. The Labute approximate surface area is 163 Å². The van der Waals surface area contributed by atoms with E-state index in [1.54, 1.807) is 24.9 Å². The van der Waals surface area contributed by atoms with E-state index in [9.17, 15) is 4.39 Å². The van der Waals surface area contributed by atoms with Gasteiger partial charge in [0.1, 0.15) is 23.3 Å². The van der Waals surface area contributed by atoms with Crippen LogP contribution in [0.1, 0.15) is 11.3 Å². The fourth-order valence-electron chi connectivity index (χ4n) is 3.08. The number of halogens is 3. The highest BCUT2D eigenvalue weighted by Crippen LogP contribution is 2.44. The van der Waals surface area contributed by atoms with Gasteiger partial charge in [0.05, 0.1) is 4.91 Å². The van der Waals surface area contributed by atoms with Crippen molar-refractivity contribution in [2.24, 2.45) is 16.5 Å². The van der Waals surface area contributed by atoms with Crippen LogP contribution in [0.2, 0.25) is 0 Å². The molecular weight excluding hydrogens is 391 g/mol. The average molecular weight is 409 g/mol. The lowest BCUT2D eigenvalue weighted by Gasteiger charge is -2.37. The van der Waals surface area contributed by atoms with Crippen LogP contribution in [0.5, 0.6) is 0 Å². The topological polar surface area (TPSA) is 99.6 Å². The lowest BCUT2D eigenvalue weighted by Crippen LogP contribution is -2.54. The number of aromatic nitrogens is 2. The summed E-state index contributed by atoms with van der Waals surface area (Å²) in [7, 11) is 1.66. The van der Waals surface area contributed by atoms with Crippen LogP contribution in [0.3, 0.4) is 0 Å². The number of alkyl halides is 2. The summed E-state index contributed by atoms with van der Waals surface area (Å²) in [6.45, 7) is 1.75. The van der Waals surface area contributed by atoms with E-state index in [0.29, 0.717) is 16.4 Å². The number of H-pyrrole nitrogens is 1. The molecule has 28 heavy (non-hydrogen) atoms. The number of rotatable bonds is 3. The molecule has 0 bridgehead atoms. The minimum absolute atomic E-state index is 0.209. The predicted molar refractivity (Wildman–Crippen MR) is 102 cm³/mol. The molecule has 4 rings (SSSR count). The van der Waals surface area contributed by atoms with Crippen molar-refractivity contribution in [1.29, 1.82) is 0 Å². The Bertz CT molecular complexity index is 969. The molecule has 5 N–H and O–H groups in total. The molecule has 148 valence electrons. The molecule has 2 unspecified atom stereocenters. The maximum absolute atomic E-state index is 15.5. The van der Waals surface area contributed by atoms with Crippen LogP contribution in [-0.2, 0) is 5.92 Å². The molecule has 1 aromatic carbocycles. The van der Waals surface area contributed by atoms with Gasteiger partial charge in [0, 0.05) is 24.4 Å². The van der Waals surface area contributed by atoms with Crippen LogP contribution in [-0.4, -0.2) is 39.6 Å². The van der Waals surface area contributed by atoms with Crippen molar-refractivity contribution < 1.29 is 13.2 Å². The molecule has 11 heteroatoms. The van der Waals surface area contributed by atoms with Crippen LogP contribution in [0.15, 0.2) is 46.1 Å². The molecular formula is C17H18F3N7S. The van der Waals surface area contributed by atoms with Crippen molar-refractivity contribution >= 4 is 23.4 Å². The summed E-state index contributed by atoms with van der Waals surface area (Å²) in [4.78, 5) is 7.59. The number of nitrogens with two attached hydrogens (primary N) is 2. The first-order valence-corrected chi connectivity index (χ1v) is 9.27. The molecule has 0 saturated carbocycles. The van der Waals surface area contributed by atoms with E-state index in [2.05, 4.69) is 15.2 Å². The summed E-state index contributed by atoms with van der Waals surface area (Å²) < 4.78 is 44.2. The van der Waals surface area contributed by atoms with E-state index < -0.39 is 34.8 Å². The van der Waals surface area contributed by atoms with E-state index >= 15 is 8.78 Å². The number of benzene rings is 1. The zero-order valence-electron chi connectivity index (χ0n) is 15.0. The van der Waals surface area contributed by atoms with Gasteiger partial charge in [0.25, 0.3) is 0 Å². The van der Waals surface area contributed by atoms with Gasteiger partial charge in [-0.05, 0) is 31.2 Å². The molecule has 0 radical (unpaired) electrons. The van der Waals surface area contributed by atoms with E-state index in [0.717, 1.165) is 24.3 Å². The number of aromatic amines is 1. The number of hydrogen-bond donors (Lipinski definition) is 3. The van der Waals surface area contributed by atoms with E-state index in [-0.39, 0.29) is 5.82 Å². The van der Waals surface area contributed by atoms with E-state index in [1.165, 1.54) is 16.7 Å². The molecule has 0 fully saturated rings. The molecule has 2 atom stereocenters. The second kappa shape index (κ2) is 6.54. The number of aryl methyl sites for hydroxylation is 1. The average Bonchev–Trinajstić information content (AvgIpc) is 3.20. The summed E-state index contributed by atoms with van der Waals surface area (Å²) >= 11 is 1.26. The fourth-order valence-corrected chi connectivity index (χ4v) is 4.14. The Morgan fingerprint density at radius 3 is 2.50 bits per heavy atom. The number of nitrogens with one attached hydrogen (secondary N) is 1. The zero-order chi connectivity index (χ0) is 20.2. The van der Waals surface area contributed by atoms with Gasteiger partial charge in [-0.2, -0.15) is 13.9 Å². The highest BCUT2D eigenvalue weighted by molar-refractivity contribution is 8.03. The second-order valence-corrected chi connectivity index (χ2v) is 7.71. The first-order chi connectivity index (χ1) is 13.2. The summed E-state index contributed by atoms with van der Waals surface area (Å²) in [6.07, 6.45) is -0.947. The van der Waals surface area contributed by atoms with Gasteiger partial charge < -0.3 is 16.4 Å². The van der Waals surface area contributed by atoms with Crippen LogP contribution in [0.25, 0.3) is 0 Å². The van der Waals surface area contributed by atoms with E-state index in [4.69, 9.17) is 11.5 Å². The highest BCUT2D eigenvalue weighted by Gasteiger charge is 2.49. The summed E-state index contributed by atoms with van der Waals surface area (Å²) in [5, 5.41) is 6.81. The van der Waals surface area contributed by atoms with Crippen molar-refractivity contribution in [2.75, 3.05) is 11.9 Å². The maximum Gasteiger partial charge on any atom is 0.330 e. The van der Waals surface area contributed by atoms with Gasteiger partial charge in [0.15, 0.2) is 11.7 Å². The number of amidine groups is 1. The van der Waals surface area contributed by atoms with Crippen molar-refractivity contribution in [1.82, 2.24) is 15.1 Å². The highest BCUT2D eigenvalue weighted by atomic mass is 32.2. The van der Waals surface area contributed by atoms with Gasteiger partial charge in [-0.1, -0.05) is 11.8 Å². The van der Waals surface area contributed by atoms with Gasteiger partial charge >= 0.3 is 5.92 Å². The van der Waals surface area contributed by atoms with Crippen LogP contribution >= 0.6 is 11.8 Å². The Morgan fingerprint density at radius 2 is 1.89 bits per heavy atom. The molecule has 0 amide bonds. The summed E-state index contributed by atoms with van der Waals surface area (Å²) in [6, 6.07) is 5.62. The fraction of sp³-hybridized carbons (Fsp3) is 0.294. The number of nitrogens with zero attached hydrogens (tertiary/aromatic N) is 4. The number of thioether (sulfide) groups is 1. The van der Waals surface area contributed by atoms with Gasteiger partial charge in [0.2, 0.25) is 0 Å². The minimum atomic E-state index is -3.55. The molecule has 2 aliphatic heterocycles. The SMILES string of the molecule is Cc1cc(N2C(C(F)(F)c3ccc(F)cc3)=NC3=C(SC(N)N3C)C2N)n[nH]1. The number of aliphatic imine (C=N–C) groups is 1. The Hall–Kier alpha value is -2.50. The standard InChI is InChI=1S/C17H18F3N7S/c1-8-7-11(25-24-8)27-13(21)12-14(26(2)16(22)28-12)23-15(27)17(19,20)9-3-5-10(18)6-4-9/h3-7,13,16H,21-22H2,1-2H3,(H,24,25). The summed E-state index contributed by atoms with van der Waals surface area (Å²) in [5.74, 6) is -4.25. The number of hydrogen-bond acceptors (Lipinski definition) is 7. The molecule has 3 heterocycles. The Morgan fingerprint density at radius 1 is 1.21 bits per heavy atom. The van der Waals surface area contributed by atoms with Crippen molar-refractivity contribution in [3.8, 4) is 0 Å². The van der Waals surface area contributed by atoms with Crippen LogP contribution < -0.4 is 16.4 Å². The number of anilines is 1. The van der Waals surface area contributed by atoms with Crippen LogP contribution in [0.4, 0.5) is 19.0 Å². The normalized spacial score (nSPS) is 22.6. The monoisotopic (exact) mass is 409 g/mol. The van der Waals surface area contributed by atoms with E-state index in [1.807, 2.05) is 0 Å². The molecule has 2 aliphatic rings. The van der Waals surface area contributed by atoms with Crippen LogP contribution in [0, 0.1) is 12.7 Å².